The van der Waals surface area contributed by atoms with E-state index in [9.17, 15) is 18.0 Å². The van der Waals surface area contributed by atoms with Gasteiger partial charge in [-0.05, 0) is 12.1 Å². The second-order valence-corrected chi connectivity index (χ2v) is 5.56. The third-order valence-electron chi connectivity index (χ3n) is 2.31. The lowest BCUT2D eigenvalue weighted by Crippen LogP contribution is -2.03. The minimum absolute atomic E-state index is 0.0478. The van der Waals surface area contributed by atoms with E-state index in [-0.39, 0.29) is 37.5 Å². The molecule has 2 N–H and O–H groups in total. The molecule has 0 bridgehead atoms. The zero-order valence-corrected chi connectivity index (χ0v) is 11.8. The van der Waals surface area contributed by atoms with Crippen LogP contribution in [0.15, 0.2) is 18.3 Å². The van der Waals surface area contributed by atoms with Gasteiger partial charge in [0.05, 0.1) is 20.6 Å². The van der Waals surface area contributed by atoms with E-state index in [1.54, 1.807) is 0 Å². The molecule has 0 spiro atoms. The number of thiazole rings is 1. The molecule has 0 aliphatic rings. The van der Waals surface area contributed by atoms with Gasteiger partial charge >= 0.3 is 6.18 Å². The van der Waals surface area contributed by atoms with Crippen molar-refractivity contribution in [1.82, 2.24) is 4.98 Å². The zero-order chi connectivity index (χ0) is 15.1. The molecule has 0 saturated heterocycles. The maximum absolute atomic E-state index is 12.4. The fourth-order valence-corrected chi connectivity index (χ4v) is 2.60. The number of carbonyl (C=O) groups is 1. The largest absolute Gasteiger partial charge is 0.443 e. The number of rotatable bonds is 2. The standard InChI is InChI=1S/C11H5Cl2F3N2OS/c12-5-1-4(2-6(13)8(5)17)9(19)7-3-18-10(20-7)11(14,15)16/h1-3H,17H2. The van der Waals surface area contributed by atoms with E-state index in [1.807, 2.05) is 0 Å². The van der Waals surface area contributed by atoms with Gasteiger partial charge in [-0.1, -0.05) is 23.2 Å². The first-order valence-electron chi connectivity index (χ1n) is 5.02. The molecule has 1 heterocycles. The van der Waals surface area contributed by atoms with E-state index in [0.717, 1.165) is 6.20 Å². The number of benzene rings is 1. The molecule has 0 aliphatic carbocycles. The Kier molecular flexibility index (Phi) is 3.95. The molecular weight excluding hydrogens is 336 g/mol. The van der Waals surface area contributed by atoms with Crippen molar-refractivity contribution in [2.75, 3.05) is 5.73 Å². The van der Waals surface area contributed by atoms with Crippen LogP contribution in [-0.4, -0.2) is 10.8 Å². The van der Waals surface area contributed by atoms with Crippen LogP contribution in [0.3, 0.4) is 0 Å². The number of aromatic nitrogens is 1. The number of halogens is 5. The molecule has 0 atom stereocenters. The molecule has 106 valence electrons. The fourth-order valence-electron chi connectivity index (χ4n) is 1.37. The Morgan fingerprint density at radius 1 is 1.25 bits per heavy atom. The van der Waals surface area contributed by atoms with Gasteiger partial charge in [-0.3, -0.25) is 4.79 Å². The average Bonchev–Trinajstić information content (AvgIpc) is 2.83. The number of nitrogens with two attached hydrogens (primary N) is 1. The van der Waals surface area contributed by atoms with Gasteiger partial charge in [-0.2, -0.15) is 13.2 Å². The molecule has 1 aromatic heterocycles. The van der Waals surface area contributed by atoms with Crippen molar-refractivity contribution >= 4 is 46.0 Å². The molecule has 0 unspecified atom stereocenters. The summed E-state index contributed by atoms with van der Waals surface area (Å²) in [5.74, 6) is -0.651. The highest BCUT2D eigenvalue weighted by Gasteiger charge is 2.35. The predicted octanol–water partition coefficient (Wildman–Crippen LogP) is 4.28. The smallest absolute Gasteiger partial charge is 0.396 e. The summed E-state index contributed by atoms with van der Waals surface area (Å²) in [6.45, 7) is 0. The highest BCUT2D eigenvalue weighted by atomic mass is 35.5. The molecule has 0 fully saturated rings. The Morgan fingerprint density at radius 2 is 1.80 bits per heavy atom. The molecule has 0 radical (unpaired) electrons. The van der Waals surface area contributed by atoms with Crippen LogP contribution in [0.1, 0.15) is 20.2 Å². The number of carbonyl (C=O) groups excluding carboxylic acids is 1. The number of hydrogen-bond donors (Lipinski definition) is 1. The Morgan fingerprint density at radius 3 is 2.25 bits per heavy atom. The van der Waals surface area contributed by atoms with Gasteiger partial charge < -0.3 is 5.73 Å². The lowest BCUT2D eigenvalue weighted by molar-refractivity contribution is -0.137. The van der Waals surface area contributed by atoms with Crippen molar-refractivity contribution in [3.8, 4) is 0 Å². The fraction of sp³-hybridized carbons (Fsp3) is 0.0909. The molecule has 2 aromatic rings. The molecule has 9 heteroatoms. The topological polar surface area (TPSA) is 56.0 Å². The van der Waals surface area contributed by atoms with E-state index >= 15 is 0 Å². The van der Waals surface area contributed by atoms with Crippen LogP contribution < -0.4 is 5.73 Å². The van der Waals surface area contributed by atoms with Crippen molar-refractivity contribution < 1.29 is 18.0 Å². The Hall–Kier alpha value is -1.31. The predicted molar refractivity (Wildman–Crippen MR) is 71.4 cm³/mol. The minimum Gasteiger partial charge on any atom is -0.396 e. The van der Waals surface area contributed by atoms with E-state index in [4.69, 9.17) is 28.9 Å². The molecule has 0 aliphatic heterocycles. The highest BCUT2D eigenvalue weighted by molar-refractivity contribution is 7.14. The lowest BCUT2D eigenvalue weighted by Gasteiger charge is -2.04. The Labute approximate surface area is 125 Å². The van der Waals surface area contributed by atoms with Gasteiger partial charge in [0.15, 0.2) is 5.01 Å². The first-order chi connectivity index (χ1) is 9.20. The molecule has 3 nitrogen and oxygen atoms in total. The number of hydrogen-bond acceptors (Lipinski definition) is 4. The monoisotopic (exact) mass is 340 g/mol. The van der Waals surface area contributed by atoms with Crippen molar-refractivity contribution in [1.29, 1.82) is 0 Å². The first kappa shape index (κ1) is 15.1. The minimum atomic E-state index is -4.58. The summed E-state index contributed by atoms with van der Waals surface area (Å²) in [5.41, 5.74) is 5.67. The number of nitrogen functional groups attached to an aromatic ring is 1. The van der Waals surface area contributed by atoms with Crippen LogP contribution in [0.2, 0.25) is 10.0 Å². The van der Waals surface area contributed by atoms with Crippen LogP contribution in [0.25, 0.3) is 0 Å². The summed E-state index contributed by atoms with van der Waals surface area (Å²) in [5, 5.41) is -0.976. The Balaban J connectivity index is 2.39. The summed E-state index contributed by atoms with van der Waals surface area (Å²) in [6.07, 6.45) is -3.71. The summed E-state index contributed by atoms with van der Waals surface area (Å²) >= 11 is 11.8. The second-order valence-electron chi connectivity index (χ2n) is 3.71. The van der Waals surface area contributed by atoms with Gasteiger partial charge in [-0.15, -0.1) is 11.3 Å². The van der Waals surface area contributed by atoms with Crippen molar-refractivity contribution in [2.24, 2.45) is 0 Å². The summed E-state index contributed by atoms with van der Waals surface area (Å²) in [6, 6.07) is 2.50. The van der Waals surface area contributed by atoms with Gasteiger partial charge in [0.2, 0.25) is 5.78 Å². The molecule has 2 rings (SSSR count). The molecule has 0 amide bonds. The van der Waals surface area contributed by atoms with E-state index < -0.39 is 17.0 Å². The summed E-state index contributed by atoms with van der Waals surface area (Å²) < 4.78 is 37.3. The molecule has 1 aromatic carbocycles. The lowest BCUT2D eigenvalue weighted by atomic mass is 10.1. The van der Waals surface area contributed by atoms with Gasteiger partial charge in [-0.25, -0.2) is 4.98 Å². The van der Waals surface area contributed by atoms with Gasteiger partial charge in [0.1, 0.15) is 0 Å². The van der Waals surface area contributed by atoms with Crippen molar-refractivity contribution in [3.05, 3.63) is 43.8 Å². The first-order valence-corrected chi connectivity index (χ1v) is 6.59. The highest BCUT2D eigenvalue weighted by Crippen LogP contribution is 2.34. The normalized spacial score (nSPS) is 11.7. The third kappa shape index (κ3) is 2.89. The third-order valence-corrected chi connectivity index (χ3v) is 3.98. The Bertz CT molecular complexity index is 662. The molecule has 20 heavy (non-hydrogen) atoms. The second kappa shape index (κ2) is 5.23. The van der Waals surface area contributed by atoms with E-state index in [0.29, 0.717) is 0 Å². The number of alkyl halides is 3. The maximum atomic E-state index is 12.4. The van der Waals surface area contributed by atoms with Crippen molar-refractivity contribution in [3.63, 3.8) is 0 Å². The van der Waals surface area contributed by atoms with Crippen LogP contribution in [-0.2, 0) is 6.18 Å². The van der Waals surface area contributed by atoms with Crippen LogP contribution >= 0.6 is 34.5 Å². The summed E-state index contributed by atoms with van der Waals surface area (Å²) in [7, 11) is 0. The molecule has 0 saturated carbocycles. The average molecular weight is 341 g/mol. The van der Waals surface area contributed by atoms with Crippen molar-refractivity contribution in [2.45, 2.75) is 6.18 Å². The van der Waals surface area contributed by atoms with Gasteiger partial charge in [0.25, 0.3) is 0 Å². The van der Waals surface area contributed by atoms with Crippen LogP contribution in [0, 0.1) is 0 Å². The number of anilines is 1. The van der Waals surface area contributed by atoms with Crippen LogP contribution in [0.4, 0.5) is 18.9 Å². The number of ketones is 1. The molecular formula is C11H5Cl2F3N2OS. The quantitative estimate of drug-likeness (QED) is 0.655. The van der Waals surface area contributed by atoms with Gasteiger partial charge in [0, 0.05) is 11.8 Å². The number of nitrogens with zero attached hydrogens (tertiary/aromatic N) is 1. The van der Waals surface area contributed by atoms with E-state index in [2.05, 4.69) is 4.98 Å². The summed E-state index contributed by atoms with van der Waals surface area (Å²) in [4.78, 5) is 15.1. The van der Waals surface area contributed by atoms with Crippen LogP contribution in [0.5, 0.6) is 0 Å². The zero-order valence-electron chi connectivity index (χ0n) is 9.46. The SMILES string of the molecule is Nc1c(Cl)cc(C(=O)c2cnc(C(F)(F)F)s2)cc1Cl. The van der Waals surface area contributed by atoms with E-state index in [1.165, 1.54) is 12.1 Å². The maximum Gasteiger partial charge on any atom is 0.443 e.